The van der Waals surface area contributed by atoms with Crippen molar-refractivity contribution < 1.29 is 67.3 Å². The Bertz CT molecular complexity index is 2540. The molecule has 2 rings (SSSR count). The number of hydrogen-bond donors (Lipinski definition) is 4. The van der Waals surface area contributed by atoms with Crippen LogP contribution in [-0.2, 0) is 62.2 Å². The van der Waals surface area contributed by atoms with Gasteiger partial charge in [0, 0.05) is 86.7 Å². The van der Waals surface area contributed by atoms with Crippen molar-refractivity contribution >= 4 is 64.7 Å². The Morgan fingerprint density at radius 3 is 1.62 bits per heavy atom. The number of Topliss-reactive ketones (excluding diaryl/α,β-unsaturated/α-hetero) is 2. The zero-order valence-electron chi connectivity index (χ0n) is 61.6. The Morgan fingerprint density at radius 2 is 1.09 bits per heavy atom. The number of nitrogens with zero attached hydrogens (tertiary/aromatic N) is 7. The highest BCUT2D eigenvalue weighted by Crippen LogP contribution is 2.28. The molecular weight excluding hydrogens is 1200 g/mol. The lowest BCUT2D eigenvalue weighted by atomic mass is 9.85. The monoisotopic (exact) mass is 1330 g/mol. The van der Waals surface area contributed by atoms with Gasteiger partial charge < -0.3 is 59.9 Å². The normalized spacial score (nSPS) is 27.8. The summed E-state index contributed by atoms with van der Waals surface area (Å²) in [6.45, 7) is 33.7. The van der Waals surface area contributed by atoms with E-state index in [-0.39, 0.29) is 62.9 Å². The molecule has 0 aromatic carbocycles. The lowest BCUT2D eigenvalue weighted by Crippen LogP contribution is -2.63. The van der Waals surface area contributed by atoms with Crippen molar-refractivity contribution in [3.63, 3.8) is 0 Å². The van der Waals surface area contributed by atoms with E-state index < -0.39 is 161 Å². The molecule has 14 atom stereocenters. The van der Waals surface area contributed by atoms with Gasteiger partial charge in [0.05, 0.1) is 31.5 Å². The van der Waals surface area contributed by atoms with Gasteiger partial charge in [0.1, 0.15) is 48.3 Å². The van der Waals surface area contributed by atoms with Crippen LogP contribution in [0.2, 0.25) is 0 Å². The molecular formula is C70H124N10O14. The molecule has 0 radical (unpaired) electrons. The second kappa shape index (κ2) is 40.0. The van der Waals surface area contributed by atoms with Crippen molar-refractivity contribution in [2.24, 2.45) is 47.3 Å². The van der Waals surface area contributed by atoms with E-state index in [1.54, 1.807) is 68.4 Å². The van der Waals surface area contributed by atoms with Gasteiger partial charge in [-0.05, 0) is 115 Å². The molecule has 0 unspecified atom stereocenters. The smallest absolute Gasteiger partial charge is 0.246 e. The van der Waals surface area contributed by atoms with E-state index in [4.69, 9.17) is 9.47 Å². The van der Waals surface area contributed by atoms with E-state index >= 15 is 9.59 Å². The van der Waals surface area contributed by atoms with E-state index in [0.29, 0.717) is 26.1 Å². The molecule has 2 saturated heterocycles. The van der Waals surface area contributed by atoms with Crippen molar-refractivity contribution in [3.8, 4) is 0 Å². The van der Waals surface area contributed by atoms with E-state index in [9.17, 15) is 48.3 Å². The predicted molar refractivity (Wildman–Crippen MR) is 363 cm³/mol. The molecule has 0 aliphatic carbocycles. The Morgan fingerprint density at radius 1 is 0.553 bits per heavy atom. The highest BCUT2D eigenvalue weighted by atomic mass is 16.5. The summed E-state index contributed by atoms with van der Waals surface area (Å²) in [5.41, 5.74) is 0. The van der Waals surface area contributed by atoms with Crippen molar-refractivity contribution in [2.45, 2.75) is 242 Å². The van der Waals surface area contributed by atoms with Gasteiger partial charge in [-0.25, -0.2) is 0 Å². The minimum absolute atomic E-state index is 0.00364. The molecule has 2 heterocycles. The lowest BCUT2D eigenvalue weighted by molar-refractivity contribution is -0.153. The van der Waals surface area contributed by atoms with E-state index in [0.717, 1.165) is 31.0 Å². The maximum atomic E-state index is 15.2. The molecule has 4 N–H and O–H groups in total. The van der Waals surface area contributed by atoms with Crippen LogP contribution in [-0.4, -0.2) is 252 Å². The van der Waals surface area contributed by atoms with Crippen LogP contribution in [0.3, 0.4) is 0 Å². The molecule has 0 aromatic heterocycles. The number of amides is 9. The summed E-state index contributed by atoms with van der Waals surface area (Å²) in [6, 6.07) is -11.3. The number of unbranched alkanes of at least 4 members (excludes halogenated alkanes) is 1. The molecule has 538 valence electrons. The molecule has 2 fully saturated rings. The van der Waals surface area contributed by atoms with E-state index in [2.05, 4.69) is 20.9 Å². The predicted octanol–water partition coefficient (Wildman–Crippen LogP) is 4.97. The van der Waals surface area contributed by atoms with Crippen LogP contribution in [0.1, 0.15) is 175 Å². The fourth-order valence-corrected chi connectivity index (χ4v) is 12.4. The topological polar surface area (TPSA) is 285 Å². The molecule has 0 aromatic rings. The van der Waals surface area contributed by atoms with Gasteiger partial charge in [-0.2, -0.15) is 0 Å². The zero-order chi connectivity index (χ0) is 71.9. The maximum absolute atomic E-state index is 15.2. The summed E-state index contributed by atoms with van der Waals surface area (Å²) >= 11 is 0. The quantitative estimate of drug-likeness (QED) is 0.0925. The first-order valence-electron chi connectivity index (χ1n) is 34.6. The fourth-order valence-electron chi connectivity index (χ4n) is 12.4. The summed E-state index contributed by atoms with van der Waals surface area (Å²) in [6.07, 6.45) is 2.75. The fraction of sp³-hybridized carbons (Fsp3) is 0.814. The SMILES string of the molecule is C/C=C/C[C@@H](C)[C@@H](O)[C@H]1C(=O)N[C@@H](CC)C(=O)N(C)[C@H](C)C(=O)N(C)[C@@H]([C@@H](C)OCCCCN2CCOCC2)C(=O)C[C@@H](C(C)C)C(=O)N(C)[C@@H](CC(C)C)C(=O)C[C@@H](C)C(=O)N[C@H](C)C(=O)N(C)[C@@H](CC(C)C)C(=O)N(C)[C@@H](CC(C)C)C(=O)N[C@@H](C(C)C)C(=O)N1C. The summed E-state index contributed by atoms with van der Waals surface area (Å²) < 4.78 is 11.9. The molecule has 24 nitrogen and oxygen atoms in total. The number of aliphatic hydroxyl groups is 1. The van der Waals surface area contributed by atoms with Crippen LogP contribution in [0.4, 0.5) is 0 Å². The number of carbonyl (C=O) groups is 11. The van der Waals surface area contributed by atoms with Gasteiger partial charge in [-0.15, -0.1) is 0 Å². The van der Waals surface area contributed by atoms with Crippen LogP contribution >= 0.6 is 0 Å². The number of rotatable bonds is 20. The second-order valence-corrected chi connectivity index (χ2v) is 28.7. The minimum Gasteiger partial charge on any atom is -0.390 e. The van der Waals surface area contributed by atoms with Crippen LogP contribution < -0.4 is 16.0 Å². The Hall–Kier alpha value is -5.85. The molecule has 24 heteroatoms. The maximum Gasteiger partial charge on any atom is 0.246 e. The first kappa shape index (κ1) is 84.2. The Balaban J connectivity index is 2.97. The van der Waals surface area contributed by atoms with Gasteiger partial charge in [-0.1, -0.05) is 102 Å². The van der Waals surface area contributed by atoms with Crippen LogP contribution in [0.25, 0.3) is 0 Å². The summed E-state index contributed by atoms with van der Waals surface area (Å²) in [5.74, 6) is -11.0. The molecule has 0 bridgehead atoms. The number of ether oxygens (including phenoxy) is 2. The highest BCUT2D eigenvalue weighted by molar-refractivity contribution is 6.00. The third-order valence-corrected chi connectivity index (χ3v) is 18.8. The number of hydrogen-bond acceptors (Lipinski definition) is 15. The van der Waals surface area contributed by atoms with E-state index in [1.165, 1.54) is 80.6 Å². The number of allylic oxidation sites excluding steroid dienone is 2. The third kappa shape index (κ3) is 24.4. The highest BCUT2D eigenvalue weighted by Gasteiger charge is 2.45. The van der Waals surface area contributed by atoms with Gasteiger partial charge in [-0.3, -0.25) is 57.6 Å². The second-order valence-electron chi connectivity index (χ2n) is 28.7. The number of aliphatic hydroxyl groups excluding tert-OH is 1. The van der Waals surface area contributed by atoms with Gasteiger partial charge in [0.25, 0.3) is 0 Å². The van der Waals surface area contributed by atoms with Crippen molar-refractivity contribution in [2.75, 3.05) is 81.7 Å². The van der Waals surface area contributed by atoms with Crippen molar-refractivity contribution in [1.29, 1.82) is 0 Å². The van der Waals surface area contributed by atoms with Crippen molar-refractivity contribution in [1.82, 2.24) is 50.2 Å². The average molecular weight is 1330 g/mol. The van der Waals surface area contributed by atoms with Crippen molar-refractivity contribution in [3.05, 3.63) is 12.2 Å². The van der Waals surface area contributed by atoms with Gasteiger partial charge in [0.15, 0.2) is 11.6 Å². The summed E-state index contributed by atoms with van der Waals surface area (Å²) in [4.78, 5) is 172. The molecule has 2 aliphatic heterocycles. The first-order valence-corrected chi connectivity index (χ1v) is 34.6. The molecule has 94 heavy (non-hydrogen) atoms. The third-order valence-electron chi connectivity index (χ3n) is 18.8. The average Bonchev–Trinajstić information content (AvgIpc) is 0.834. The Kier molecular flexibility index (Phi) is 35.9. The lowest BCUT2D eigenvalue weighted by Gasteiger charge is -2.39. The first-order chi connectivity index (χ1) is 43.8. The largest absolute Gasteiger partial charge is 0.390 e. The number of likely N-dealkylation sites (N-methyl/N-ethyl adjacent to an activating group) is 6. The van der Waals surface area contributed by atoms with Crippen LogP contribution in [0.15, 0.2) is 12.2 Å². The molecule has 0 spiro atoms. The number of ketones is 2. The standard InChI is InChI=1S/C70H124N10O14/c1-24-26-29-46(13)61(83)60-64(86)72-52(25-2)68(90)74(18)49(16)66(88)78(22)59(50(17)94-33-28-27-30-80-31-34-93-35-32-80)57(82)40-51(44(9)10)67(89)75(19)53(36-41(3)4)56(81)39-47(14)62(84)71-48(15)65(87)77(21)55(38-43(7)8)69(91)76(20)54(37-42(5)6)63(85)73-58(45(11)12)70(92)79(60)23/h24,26,41-55,58-61,83H,25,27-40H2,1-23H3,(H,71,84)(H,72,86)(H,73,85)/b26-24+/t46-,47-,48-,49-,50-,51+,52+,53+,54+,55+,58+,59+,60+,61-/m1/s1. The number of nitrogens with one attached hydrogen (secondary N) is 3. The number of morpholine rings is 1. The summed E-state index contributed by atoms with van der Waals surface area (Å²) in [7, 11) is 8.60. The van der Waals surface area contributed by atoms with Crippen LogP contribution in [0, 0.1) is 47.3 Å². The van der Waals surface area contributed by atoms with E-state index in [1.807, 2.05) is 47.6 Å². The molecule has 2 aliphatic rings. The van der Waals surface area contributed by atoms with Gasteiger partial charge in [0.2, 0.25) is 53.2 Å². The number of carbonyl (C=O) groups excluding carboxylic acids is 11. The zero-order valence-corrected chi connectivity index (χ0v) is 61.6. The van der Waals surface area contributed by atoms with Gasteiger partial charge >= 0.3 is 0 Å². The minimum atomic E-state index is -1.63. The molecule has 9 amide bonds. The Labute approximate surface area is 563 Å². The summed E-state index contributed by atoms with van der Waals surface area (Å²) in [5, 5.41) is 20.6. The molecule has 0 saturated carbocycles. The van der Waals surface area contributed by atoms with Crippen LogP contribution in [0.5, 0.6) is 0 Å².